The average molecular weight is 261 g/mol. The van der Waals surface area contributed by atoms with Crippen molar-refractivity contribution in [3.05, 3.63) is 30.1 Å². The summed E-state index contributed by atoms with van der Waals surface area (Å²) in [5.41, 5.74) is 2.25. The molecule has 0 radical (unpaired) electrons. The van der Waals surface area contributed by atoms with Crippen LogP contribution in [0, 0.1) is 0 Å². The number of hydrogen-bond donors (Lipinski definition) is 1. The Morgan fingerprint density at radius 1 is 1.32 bits per heavy atom. The summed E-state index contributed by atoms with van der Waals surface area (Å²) in [6.45, 7) is 3.99. The lowest BCUT2D eigenvalue weighted by atomic mass is 10.2. The standard InChI is InChI=1S/C15H23N3O/c1-12(16-10-6-7-11-19-3)15-17-13-8-4-5-9-14(13)18(15)2/h4-5,8-9,12,16H,6-7,10-11H2,1-3H3. The van der Waals surface area contributed by atoms with Crippen molar-refractivity contribution in [1.29, 1.82) is 0 Å². The fourth-order valence-electron chi connectivity index (χ4n) is 2.33. The second-order valence-electron chi connectivity index (χ2n) is 4.89. The summed E-state index contributed by atoms with van der Waals surface area (Å²) in [6, 6.07) is 8.51. The van der Waals surface area contributed by atoms with Crippen molar-refractivity contribution < 1.29 is 4.74 Å². The minimum absolute atomic E-state index is 0.264. The number of fused-ring (bicyclic) bond motifs is 1. The Bertz CT molecular complexity index is 521. The maximum Gasteiger partial charge on any atom is 0.126 e. The molecule has 0 aliphatic rings. The number of aromatic nitrogens is 2. The van der Waals surface area contributed by atoms with Crippen LogP contribution in [0.4, 0.5) is 0 Å². The Labute approximate surface area is 114 Å². The molecule has 1 aromatic heterocycles. The summed E-state index contributed by atoms with van der Waals surface area (Å²) < 4.78 is 7.22. The molecule has 0 amide bonds. The summed E-state index contributed by atoms with van der Waals surface area (Å²) in [6.07, 6.45) is 2.22. The number of methoxy groups -OCH3 is 1. The largest absolute Gasteiger partial charge is 0.385 e. The van der Waals surface area contributed by atoms with Crippen molar-refractivity contribution in [2.24, 2.45) is 7.05 Å². The van der Waals surface area contributed by atoms with Gasteiger partial charge in [-0.15, -0.1) is 0 Å². The Morgan fingerprint density at radius 2 is 2.11 bits per heavy atom. The van der Waals surface area contributed by atoms with Gasteiger partial charge in [-0.3, -0.25) is 0 Å². The molecule has 0 aliphatic heterocycles. The first-order chi connectivity index (χ1) is 9.24. The molecule has 0 bridgehead atoms. The van der Waals surface area contributed by atoms with Crippen LogP contribution in [-0.2, 0) is 11.8 Å². The van der Waals surface area contributed by atoms with Gasteiger partial charge >= 0.3 is 0 Å². The Balaban J connectivity index is 1.97. The zero-order chi connectivity index (χ0) is 13.7. The SMILES string of the molecule is COCCCCNC(C)c1nc2ccccc2n1C. The molecule has 2 aromatic rings. The Hall–Kier alpha value is -1.39. The third-order valence-electron chi connectivity index (χ3n) is 3.43. The van der Waals surface area contributed by atoms with Gasteiger partial charge in [0, 0.05) is 20.8 Å². The summed E-state index contributed by atoms with van der Waals surface area (Å²) in [4.78, 5) is 4.70. The molecular formula is C15H23N3O. The maximum atomic E-state index is 5.05. The number of rotatable bonds is 7. The van der Waals surface area contributed by atoms with Gasteiger partial charge in [0.15, 0.2) is 0 Å². The highest BCUT2D eigenvalue weighted by molar-refractivity contribution is 5.75. The van der Waals surface area contributed by atoms with E-state index in [0.717, 1.165) is 37.3 Å². The topological polar surface area (TPSA) is 39.1 Å². The molecule has 1 N–H and O–H groups in total. The van der Waals surface area contributed by atoms with E-state index in [2.05, 4.69) is 42.1 Å². The second kappa shape index (κ2) is 6.68. The van der Waals surface area contributed by atoms with Crippen LogP contribution in [0.5, 0.6) is 0 Å². The predicted octanol–water partition coefficient (Wildman–Crippen LogP) is 2.65. The van der Waals surface area contributed by atoms with Gasteiger partial charge < -0.3 is 14.6 Å². The first-order valence-electron chi connectivity index (χ1n) is 6.87. The first kappa shape index (κ1) is 14.0. The lowest BCUT2D eigenvalue weighted by Crippen LogP contribution is -2.22. The van der Waals surface area contributed by atoms with E-state index in [1.54, 1.807) is 7.11 Å². The molecule has 1 aromatic carbocycles. The molecule has 1 heterocycles. The van der Waals surface area contributed by atoms with Gasteiger partial charge in [0.2, 0.25) is 0 Å². The zero-order valence-electron chi connectivity index (χ0n) is 12.0. The van der Waals surface area contributed by atoms with Crippen molar-refractivity contribution in [3.63, 3.8) is 0 Å². The highest BCUT2D eigenvalue weighted by atomic mass is 16.5. The molecule has 0 aliphatic carbocycles. The van der Waals surface area contributed by atoms with Crippen LogP contribution >= 0.6 is 0 Å². The number of nitrogens with zero attached hydrogens (tertiary/aromatic N) is 2. The molecule has 1 unspecified atom stereocenters. The number of imidazole rings is 1. The van der Waals surface area contributed by atoms with Gasteiger partial charge in [0.05, 0.1) is 17.1 Å². The molecule has 0 spiro atoms. The summed E-state index contributed by atoms with van der Waals surface area (Å²) >= 11 is 0. The van der Waals surface area contributed by atoms with Crippen LogP contribution in [0.3, 0.4) is 0 Å². The number of nitrogens with one attached hydrogen (secondary N) is 1. The molecule has 19 heavy (non-hydrogen) atoms. The van der Waals surface area contributed by atoms with E-state index < -0.39 is 0 Å². The quantitative estimate of drug-likeness (QED) is 0.779. The van der Waals surface area contributed by atoms with Crippen LogP contribution in [0.25, 0.3) is 11.0 Å². The molecule has 4 heteroatoms. The highest BCUT2D eigenvalue weighted by Crippen LogP contribution is 2.18. The maximum absolute atomic E-state index is 5.05. The van der Waals surface area contributed by atoms with E-state index >= 15 is 0 Å². The van der Waals surface area contributed by atoms with Crippen molar-refractivity contribution >= 4 is 11.0 Å². The number of hydrogen-bond acceptors (Lipinski definition) is 3. The van der Waals surface area contributed by atoms with Crippen LogP contribution in [0.2, 0.25) is 0 Å². The minimum Gasteiger partial charge on any atom is -0.385 e. The van der Waals surface area contributed by atoms with Crippen molar-refractivity contribution in [1.82, 2.24) is 14.9 Å². The van der Waals surface area contributed by atoms with Crippen LogP contribution in [0.1, 0.15) is 31.6 Å². The number of ether oxygens (including phenoxy) is 1. The molecule has 0 fully saturated rings. The van der Waals surface area contributed by atoms with Gasteiger partial charge in [-0.25, -0.2) is 4.98 Å². The highest BCUT2D eigenvalue weighted by Gasteiger charge is 2.13. The van der Waals surface area contributed by atoms with Gasteiger partial charge in [-0.05, 0) is 38.4 Å². The Kier molecular flexibility index (Phi) is 4.93. The van der Waals surface area contributed by atoms with Gasteiger partial charge in [0.1, 0.15) is 5.82 Å². The lowest BCUT2D eigenvalue weighted by molar-refractivity contribution is 0.192. The number of aryl methyl sites for hydroxylation is 1. The number of unbranched alkanes of at least 4 members (excludes halogenated alkanes) is 1. The van der Waals surface area contributed by atoms with E-state index in [4.69, 9.17) is 9.72 Å². The number of para-hydroxylation sites is 2. The monoisotopic (exact) mass is 261 g/mol. The molecule has 4 nitrogen and oxygen atoms in total. The average Bonchev–Trinajstić information content (AvgIpc) is 2.76. The normalized spacial score (nSPS) is 13.0. The van der Waals surface area contributed by atoms with Crippen LogP contribution in [0.15, 0.2) is 24.3 Å². The summed E-state index contributed by atoms with van der Waals surface area (Å²) in [5.74, 6) is 1.09. The molecule has 2 rings (SSSR count). The van der Waals surface area contributed by atoms with Crippen molar-refractivity contribution in [2.75, 3.05) is 20.3 Å². The molecule has 104 valence electrons. The molecule has 0 saturated carbocycles. The van der Waals surface area contributed by atoms with E-state index in [-0.39, 0.29) is 6.04 Å². The zero-order valence-corrected chi connectivity index (χ0v) is 12.0. The predicted molar refractivity (Wildman–Crippen MR) is 78.2 cm³/mol. The third-order valence-corrected chi connectivity index (χ3v) is 3.43. The van der Waals surface area contributed by atoms with Crippen molar-refractivity contribution in [2.45, 2.75) is 25.8 Å². The summed E-state index contributed by atoms with van der Waals surface area (Å²) in [7, 11) is 3.82. The van der Waals surface area contributed by atoms with Crippen molar-refractivity contribution in [3.8, 4) is 0 Å². The first-order valence-corrected chi connectivity index (χ1v) is 6.87. The fraction of sp³-hybridized carbons (Fsp3) is 0.533. The number of benzene rings is 1. The minimum atomic E-state index is 0.264. The second-order valence-corrected chi connectivity index (χ2v) is 4.89. The lowest BCUT2D eigenvalue weighted by Gasteiger charge is -2.13. The third kappa shape index (κ3) is 3.33. The Morgan fingerprint density at radius 3 is 2.84 bits per heavy atom. The molecule has 0 saturated heterocycles. The van der Waals surface area contributed by atoms with E-state index in [1.807, 2.05) is 6.07 Å². The summed E-state index contributed by atoms with van der Waals surface area (Å²) in [5, 5.41) is 3.52. The molecular weight excluding hydrogens is 238 g/mol. The molecule has 1 atom stereocenters. The smallest absolute Gasteiger partial charge is 0.126 e. The van der Waals surface area contributed by atoms with Gasteiger partial charge in [0.25, 0.3) is 0 Å². The van der Waals surface area contributed by atoms with Gasteiger partial charge in [-0.2, -0.15) is 0 Å². The fourth-order valence-corrected chi connectivity index (χ4v) is 2.33. The van der Waals surface area contributed by atoms with E-state index in [0.29, 0.717) is 0 Å². The van der Waals surface area contributed by atoms with Gasteiger partial charge in [-0.1, -0.05) is 12.1 Å². The van der Waals surface area contributed by atoms with Crippen LogP contribution in [-0.4, -0.2) is 29.8 Å². The van der Waals surface area contributed by atoms with E-state index in [1.165, 1.54) is 5.52 Å². The van der Waals surface area contributed by atoms with E-state index in [9.17, 15) is 0 Å². The van der Waals surface area contributed by atoms with Crippen LogP contribution < -0.4 is 5.32 Å².